The van der Waals surface area contributed by atoms with Gasteiger partial charge in [0.25, 0.3) is 0 Å². The zero-order valence-corrected chi connectivity index (χ0v) is 10.4. The minimum atomic E-state index is -0.952. The van der Waals surface area contributed by atoms with E-state index in [9.17, 15) is 14.7 Å². The topological polar surface area (TPSA) is 57.6 Å². The maximum atomic E-state index is 12.0. The van der Waals surface area contributed by atoms with Crippen molar-refractivity contribution in [3.8, 4) is 0 Å². The Bertz CT molecular complexity index is 470. The van der Waals surface area contributed by atoms with Crippen LogP contribution < -0.4 is 0 Å². The predicted molar refractivity (Wildman–Crippen MR) is 67.1 cm³/mol. The number of carboxylic acid groups (broad SMARTS) is 1. The molecule has 1 heterocycles. The normalized spacial score (nSPS) is 18.3. The van der Waals surface area contributed by atoms with E-state index in [1.165, 1.54) is 4.90 Å². The quantitative estimate of drug-likeness (QED) is 0.888. The van der Waals surface area contributed by atoms with Gasteiger partial charge < -0.3 is 10.0 Å². The second-order valence-electron chi connectivity index (χ2n) is 4.53. The van der Waals surface area contributed by atoms with Crippen LogP contribution in [0.25, 0.3) is 0 Å². The zero-order chi connectivity index (χ0) is 13.1. The summed E-state index contributed by atoms with van der Waals surface area (Å²) < 4.78 is 0. The molecule has 0 bridgehead atoms. The smallest absolute Gasteiger partial charge is 0.331 e. The summed E-state index contributed by atoms with van der Waals surface area (Å²) in [7, 11) is 0. The summed E-state index contributed by atoms with van der Waals surface area (Å²) in [5.41, 5.74) is 1.78. The van der Waals surface area contributed by atoms with E-state index in [-0.39, 0.29) is 5.91 Å². The Balaban J connectivity index is 2.35. The van der Waals surface area contributed by atoms with Crippen LogP contribution in [0.1, 0.15) is 36.9 Å². The highest BCUT2D eigenvalue weighted by Crippen LogP contribution is 2.30. The molecule has 0 aromatic heterocycles. The van der Waals surface area contributed by atoms with Crippen molar-refractivity contribution < 1.29 is 14.7 Å². The van der Waals surface area contributed by atoms with Gasteiger partial charge in [0.15, 0.2) is 6.04 Å². The molecular formula is C14H17NO3. The molecular weight excluding hydrogens is 230 g/mol. The summed E-state index contributed by atoms with van der Waals surface area (Å²) in [5, 5.41) is 9.38. The summed E-state index contributed by atoms with van der Waals surface area (Å²) in [6.07, 6.45) is 1.88. The number of fused-ring (bicyclic) bond motifs is 1. The molecule has 0 fully saturated rings. The molecule has 4 heteroatoms. The van der Waals surface area contributed by atoms with Crippen molar-refractivity contribution in [2.75, 3.05) is 6.54 Å². The molecule has 1 atom stereocenters. The molecule has 18 heavy (non-hydrogen) atoms. The van der Waals surface area contributed by atoms with Crippen molar-refractivity contribution in [2.24, 2.45) is 0 Å². The third kappa shape index (κ3) is 2.23. The number of hydrogen-bond donors (Lipinski definition) is 1. The SMILES string of the molecule is CCCC(=O)N1CCc2ccccc2C1C(=O)O. The Morgan fingerprint density at radius 1 is 1.39 bits per heavy atom. The Morgan fingerprint density at radius 2 is 2.11 bits per heavy atom. The van der Waals surface area contributed by atoms with E-state index in [2.05, 4.69) is 0 Å². The number of nitrogens with zero attached hydrogens (tertiary/aromatic N) is 1. The molecule has 4 nitrogen and oxygen atoms in total. The number of benzene rings is 1. The lowest BCUT2D eigenvalue weighted by molar-refractivity contribution is -0.151. The maximum absolute atomic E-state index is 12.0. The first-order chi connectivity index (χ1) is 8.65. The molecule has 2 rings (SSSR count). The van der Waals surface area contributed by atoms with Crippen molar-refractivity contribution in [1.29, 1.82) is 0 Å². The molecule has 1 aromatic carbocycles. The molecule has 0 aliphatic carbocycles. The van der Waals surface area contributed by atoms with Crippen LogP contribution in [0.3, 0.4) is 0 Å². The van der Waals surface area contributed by atoms with Crippen LogP contribution in [0.4, 0.5) is 0 Å². The van der Waals surface area contributed by atoms with Gasteiger partial charge in [-0.3, -0.25) is 4.79 Å². The first-order valence-corrected chi connectivity index (χ1v) is 6.25. The lowest BCUT2D eigenvalue weighted by atomic mass is 9.92. The van der Waals surface area contributed by atoms with Crippen LogP contribution in [0.2, 0.25) is 0 Å². The highest BCUT2D eigenvalue weighted by atomic mass is 16.4. The van der Waals surface area contributed by atoms with Crippen molar-refractivity contribution in [2.45, 2.75) is 32.2 Å². The lowest BCUT2D eigenvalue weighted by Crippen LogP contribution is -2.43. The predicted octanol–water partition coefficient (Wildman–Crippen LogP) is 2.00. The van der Waals surface area contributed by atoms with Gasteiger partial charge in [-0.25, -0.2) is 4.79 Å². The van der Waals surface area contributed by atoms with Crippen molar-refractivity contribution in [3.63, 3.8) is 0 Å². The molecule has 1 unspecified atom stereocenters. The van der Waals surface area contributed by atoms with Gasteiger partial charge in [-0.2, -0.15) is 0 Å². The van der Waals surface area contributed by atoms with Crippen LogP contribution in [0.5, 0.6) is 0 Å². The number of amides is 1. The van der Waals surface area contributed by atoms with Gasteiger partial charge >= 0.3 is 5.97 Å². The molecule has 1 amide bonds. The van der Waals surface area contributed by atoms with Crippen LogP contribution in [-0.2, 0) is 16.0 Å². The molecule has 0 saturated carbocycles. The van der Waals surface area contributed by atoms with Gasteiger partial charge in [-0.1, -0.05) is 31.2 Å². The summed E-state index contributed by atoms with van der Waals surface area (Å²) in [6, 6.07) is 6.64. The van der Waals surface area contributed by atoms with Gasteiger partial charge in [0, 0.05) is 13.0 Å². The van der Waals surface area contributed by atoms with Crippen LogP contribution >= 0.6 is 0 Å². The van der Waals surface area contributed by atoms with Gasteiger partial charge in [0.1, 0.15) is 0 Å². The Hall–Kier alpha value is -1.84. The van der Waals surface area contributed by atoms with E-state index in [0.717, 1.165) is 24.0 Å². The largest absolute Gasteiger partial charge is 0.479 e. The standard InChI is InChI=1S/C14H17NO3/c1-2-5-12(16)15-9-8-10-6-3-4-7-11(10)13(15)14(17)18/h3-4,6-7,13H,2,5,8-9H2,1H3,(H,17,18). The summed E-state index contributed by atoms with van der Waals surface area (Å²) in [4.78, 5) is 24.9. The van der Waals surface area contributed by atoms with Crippen molar-refractivity contribution in [1.82, 2.24) is 4.90 Å². The average molecular weight is 247 g/mol. The number of rotatable bonds is 3. The molecule has 0 saturated heterocycles. The highest BCUT2D eigenvalue weighted by Gasteiger charge is 2.35. The lowest BCUT2D eigenvalue weighted by Gasteiger charge is -2.34. The monoisotopic (exact) mass is 247 g/mol. The van der Waals surface area contributed by atoms with Crippen molar-refractivity contribution in [3.05, 3.63) is 35.4 Å². The van der Waals surface area contributed by atoms with Gasteiger partial charge in [-0.05, 0) is 24.0 Å². The molecule has 0 spiro atoms. The van der Waals surface area contributed by atoms with Crippen LogP contribution in [-0.4, -0.2) is 28.4 Å². The minimum absolute atomic E-state index is 0.0700. The van der Waals surface area contributed by atoms with Gasteiger partial charge in [0.2, 0.25) is 5.91 Å². The Labute approximate surface area is 106 Å². The second-order valence-corrected chi connectivity index (χ2v) is 4.53. The molecule has 1 aliphatic heterocycles. The first kappa shape index (κ1) is 12.6. The molecule has 1 aromatic rings. The Kier molecular flexibility index (Phi) is 3.65. The van der Waals surface area contributed by atoms with Crippen LogP contribution in [0.15, 0.2) is 24.3 Å². The van der Waals surface area contributed by atoms with E-state index in [0.29, 0.717) is 13.0 Å². The summed E-state index contributed by atoms with van der Waals surface area (Å²) in [6.45, 7) is 2.42. The minimum Gasteiger partial charge on any atom is -0.479 e. The van der Waals surface area contributed by atoms with E-state index in [1.54, 1.807) is 6.07 Å². The third-order valence-corrected chi connectivity index (χ3v) is 3.30. The number of carboxylic acids is 1. The summed E-state index contributed by atoms with van der Waals surface area (Å²) >= 11 is 0. The molecule has 1 N–H and O–H groups in total. The van der Waals surface area contributed by atoms with Gasteiger partial charge in [0.05, 0.1) is 0 Å². The number of carbonyl (C=O) groups is 2. The fourth-order valence-electron chi connectivity index (χ4n) is 2.46. The number of aliphatic carboxylic acids is 1. The highest BCUT2D eigenvalue weighted by molar-refractivity contribution is 5.85. The fourth-order valence-corrected chi connectivity index (χ4v) is 2.46. The second kappa shape index (κ2) is 5.21. The maximum Gasteiger partial charge on any atom is 0.331 e. The first-order valence-electron chi connectivity index (χ1n) is 6.25. The van der Waals surface area contributed by atoms with Gasteiger partial charge in [-0.15, -0.1) is 0 Å². The molecule has 1 aliphatic rings. The summed E-state index contributed by atoms with van der Waals surface area (Å²) in [5.74, 6) is -1.02. The third-order valence-electron chi connectivity index (χ3n) is 3.30. The fraction of sp³-hybridized carbons (Fsp3) is 0.429. The van der Waals surface area contributed by atoms with E-state index in [4.69, 9.17) is 0 Å². The van der Waals surface area contributed by atoms with E-state index in [1.807, 2.05) is 25.1 Å². The zero-order valence-electron chi connectivity index (χ0n) is 10.4. The molecule has 96 valence electrons. The Morgan fingerprint density at radius 3 is 2.78 bits per heavy atom. The van der Waals surface area contributed by atoms with E-state index >= 15 is 0 Å². The van der Waals surface area contributed by atoms with Crippen molar-refractivity contribution >= 4 is 11.9 Å². The van der Waals surface area contributed by atoms with E-state index < -0.39 is 12.0 Å². The number of carbonyl (C=O) groups excluding carboxylic acids is 1. The van der Waals surface area contributed by atoms with Crippen LogP contribution in [0, 0.1) is 0 Å². The number of hydrogen-bond acceptors (Lipinski definition) is 2. The molecule has 0 radical (unpaired) electrons. The average Bonchev–Trinajstić information content (AvgIpc) is 2.37.